The number of aromatic nitrogens is 1. The van der Waals surface area contributed by atoms with E-state index in [-0.39, 0.29) is 23.5 Å². The predicted octanol–water partition coefficient (Wildman–Crippen LogP) is 5.46. The first-order valence-electron chi connectivity index (χ1n) is 9.91. The van der Waals surface area contributed by atoms with Crippen LogP contribution in [0.3, 0.4) is 0 Å². The molecule has 1 atom stereocenters. The van der Waals surface area contributed by atoms with Crippen LogP contribution < -0.4 is 5.32 Å². The van der Waals surface area contributed by atoms with Crippen molar-refractivity contribution in [3.8, 4) is 17.0 Å². The molecule has 3 aromatic carbocycles. The second-order valence-electron chi connectivity index (χ2n) is 7.47. The number of carboxylic acids is 1. The van der Waals surface area contributed by atoms with E-state index in [1.165, 1.54) is 0 Å². The lowest BCUT2D eigenvalue weighted by Crippen LogP contribution is -2.42. The first kappa shape index (κ1) is 23.0. The molecule has 0 saturated carbocycles. The minimum Gasteiger partial charge on any atom is -0.506 e. The van der Waals surface area contributed by atoms with Gasteiger partial charge in [0.15, 0.2) is 0 Å². The Hall–Kier alpha value is -3.17. The fourth-order valence-corrected chi connectivity index (χ4v) is 4.94. The summed E-state index contributed by atoms with van der Waals surface area (Å²) in [4.78, 5) is 25.2. The lowest BCUT2D eigenvalue weighted by Gasteiger charge is -2.16. The fraction of sp³-hybridized carbons (Fsp3) is 0.125. The number of aromatic hydroxyl groups is 1. The number of carboxylic acid groups (broad SMARTS) is 1. The molecule has 0 aliphatic rings. The minimum atomic E-state index is -1.21. The second-order valence-corrected chi connectivity index (χ2v) is 9.17. The van der Waals surface area contributed by atoms with E-state index < -0.39 is 17.9 Å². The van der Waals surface area contributed by atoms with E-state index in [1.54, 1.807) is 19.1 Å². The third-order valence-electron chi connectivity index (χ3n) is 5.25. The van der Waals surface area contributed by atoms with Gasteiger partial charge in [-0.2, -0.15) is 0 Å². The summed E-state index contributed by atoms with van der Waals surface area (Å²) in [6.07, 6.45) is 0.00643. The number of fused-ring (bicyclic) bond motifs is 1. The van der Waals surface area contributed by atoms with Crippen LogP contribution in [0, 0.1) is 6.92 Å². The topological polar surface area (TPSA) is 113 Å². The maximum absolute atomic E-state index is 13.2. The number of benzene rings is 3. The van der Waals surface area contributed by atoms with Crippen LogP contribution in [0.1, 0.15) is 21.7 Å². The quantitative estimate of drug-likeness (QED) is 0.282. The minimum absolute atomic E-state index is 0.00643. The molecule has 0 aliphatic heterocycles. The van der Waals surface area contributed by atoms with E-state index in [2.05, 4.69) is 42.3 Å². The van der Waals surface area contributed by atoms with Gasteiger partial charge in [0, 0.05) is 12.0 Å². The van der Waals surface area contributed by atoms with Crippen molar-refractivity contribution in [3.05, 3.63) is 80.4 Å². The number of phenols is 1. The molecule has 1 aromatic heterocycles. The van der Waals surface area contributed by atoms with Gasteiger partial charge >= 0.3 is 5.97 Å². The molecule has 0 bridgehead atoms. The number of aliphatic carboxylic acids is 1. The SMILES string of the molecule is Cc1onc(-c2cccc3ccccc23)c1C(=O)N[C@@H](Cc1cc(Br)c(O)c(Br)c1)C(=O)O. The molecule has 33 heavy (non-hydrogen) atoms. The smallest absolute Gasteiger partial charge is 0.326 e. The zero-order chi connectivity index (χ0) is 23.7. The molecule has 4 aromatic rings. The van der Waals surface area contributed by atoms with Gasteiger partial charge in [0.1, 0.15) is 28.8 Å². The van der Waals surface area contributed by atoms with E-state index >= 15 is 0 Å². The van der Waals surface area contributed by atoms with Gasteiger partial charge in [0.25, 0.3) is 5.91 Å². The molecule has 0 saturated heterocycles. The molecule has 1 amide bonds. The molecule has 0 aliphatic carbocycles. The highest BCUT2D eigenvalue weighted by Gasteiger charge is 2.28. The lowest BCUT2D eigenvalue weighted by molar-refractivity contribution is -0.139. The van der Waals surface area contributed by atoms with Crippen molar-refractivity contribution in [2.75, 3.05) is 0 Å². The zero-order valence-corrected chi connectivity index (χ0v) is 20.5. The van der Waals surface area contributed by atoms with Gasteiger partial charge < -0.3 is 20.1 Å². The van der Waals surface area contributed by atoms with Gasteiger partial charge in [-0.25, -0.2) is 4.79 Å². The molecule has 1 heterocycles. The van der Waals surface area contributed by atoms with Crippen LogP contribution in [-0.2, 0) is 11.2 Å². The molecule has 168 valence electrons. The van der Waals surface area contributed by atoms with Crippen molar-refractivity contribution in [1.29, 1.82) is 0 Å². The number of nitrogens with one attached hydrogen (secondary N) is 1. The maximum Gasteiger partial charge on any atom is 0.326 e. The Kier molecular flexibility index (Phi) is 6.53. The first-order chi connectivity index (χ1) is 15.8. The third-order valence-corrected chi connectivity index (χ3v) is 6.46. The number of nitrogens with zero attached hydrogens (tertiary/aromatic N) is 1. The Labute approximate surface area is 205 Å². The number of hydrogen-bond acceptors (Lipinski definition) is 5. The first-order valence-corrected chi connectivity index (χ1v) is 11.5. The normalized spacial score (nSPS) is 12.0. The highest BCUT2D eigenvalue weighted by Crippen LogP contribution is 2.34. The highest BCUT2D eigenvalue weighted by molar-refractivity contribution is 9.11. The van der Waals surface area contributed by atoms with Crippen molar-refractivity contribution in [2.24, 2.45) is 0 Å². The number of hydrogen-bond donors (Lipinski definition) is 3. The number of amides is 1. The average molecular weight is 574 g/mol. The van der Waals surface area contributed by atoms with Crippen molar-refractivity contribution in [1.82, 2.24) is 10.5 Å². The third kappa shape index (κ3) is 4.65. The average Bonchev–Trinajstić information content (AvgIpc) is 3.17. The van der Waals surface area contributed by atoms with E-state index in [0.717, 1.165) is 10.8 Å². The van der Waals surface area contributed by atoms with Crippen LogP contribution in [0.5, 0.6) is 5.75 Å². The van der Waals surface area contributed by atoms with Crippen LogP contribution in [0.2, 0.25) is 0 Å². The fourth-order valence-electron chi connectivity index (χ4n) is 3.66. The van der Waals surface area contributed by atoms with E-state index in [4.69, 9.17) is 4.52 Å². The largest absolute Gasteiger partial charge is 0.506 e. The van der Waals surface area contributed by atoms with Gasteiger partial charge in [-0.3, -0.25) is 4.79 Å². The standard InChI is InChI=1S/C24H18Br2N2O5/c1-12-20(21(28-33-12)16-8-4-6-14-5-2-3-7-15(14)16)23(30)27-19(24(31)32)11-13-9-17(25)22(29)18(26)10-13/h2-10,19,29H,11H2,1H3,(H,27,30)(H,31,32)/t19-/m0/s1. The van der Waals surface area contributed by atoms with Crippen LogP contribution in [0.25, 0.3) is 22.0 Å². The summed E-state index contributed by atoms with van der Waals surface area (Å²) in [5.74, 6) is -1.49. The summed E-state index contributed by atoms with van der Waals surface area (Å²) < 4.78 is 6.15. The Morgan fingerprint density at radius 1 is 1.09 bits per heavy atom. The molecule has 9 heteroatoms. The number of phenolic OH excluding ortho intramolecular Hbond substituents is 1. The van der Waals surface area contributed by atoms with Crippen LogP contribution >= 0.6 is 31.9 Å². The zero-order valence-electron chi connectivity index (χ0n) is 17.3. The van der Waals surface area contributed by atoms with Crippen molar-refractivity contribution >= 4 is 54.5 Å². The Balaban J connectivity index is 1.67. The Bertz CT molecular complexity index is 1350. The Morgan fingerprint density at radius 2 is 1.76 bits per heavy atom. The van der Waals surface area contributed by atoms with E-state index in [9.17, 15) is 19.8 Å². The Morgan fingerprint density at radius 3 is 2.45 bits per heavy atom. The highest BCUT2D eigenvalue weighted by atomic mass is 79.9. The van der Waals surface area contributed by atoms with Gasteiger partial charge in [-0.05, 0) is 67.3 Å². The van der Waals surface area contributed by atoms with Gasteiger partial charge in [-0.1, -0.05) is 47.6 Å². The molecule has 3 N–H and O–H groups in total. The molecule has 4 rings (SSSR count). The molecular weight excluding hydrogens is 556 g/mol. The summed E-state index contributed by atoms with van der Waals surface area (Å²) in [6.45, 7) is 1.61. The van der Waals surface area contributed by atoms with Gasteiger partial charge in [0.05, 0.1) is 8.95 Å². The van der Waals surface area contributed by atoms with E-state index in [1.807, 2.05) is 42.5 Å². The second kappa shape index (κ2) is 9.36. The van der Waals surface area contributed by atoms with Gasteiger partial charge in [0.2, 0.25) is 0 Å². The molecule has 0 spiro atoms. The predicted molar refractivity (Wildman–Crippen MR) is 130 cm³/mol. The monoisotopic (exact) mass is 572 g/mol. The lowest BCUT2D eigenvalue weighted by atomic mass is 9.98. The van der Waals surface area contributed by atoms with Gasteiger partial charge in [-0.15, -0.1) is 0 Å². The number of halogens is 2. The summed E-state index contributed by atoms with van der Waals surface area (Å²) >= 11 is 6.47. The summed E-state index contributed by atoms with van der Waals surface area (Å²) in [5.41, 5.74) is 1.86. The molecule has 0 radical (unpaired) electrons. The molecule has 0 unspecified atom stereocenters. The van der Waals surface area contributed by atoms with Crippen LogP contribution in [-0.4, -0.2) is 33.3 Å². The number of rotatable bonds is 6. The maximum atomic E-state index is 13.2. The molecule has 0 fully saturated rings. The number of aryl methyl sites for hydroxylation is 1. The van der Waals surface area contributed by atoms with Crippen LogP contribution in [0.15, 0.2) is 68.1 Å². The number of carbonyl (C=O) groups is 2. The summed E-state index contributed by atoms with van der Waals surface area (Å²) in [6, 6.07) is 15.4. The van der Waals surface area contributed by atoms with Crippen molar-refractivity contribution < 1.29 is 24.3 Å². The van der Waals surface area contributed by atoms with Crippen LogP contribution in [0.4, 0.5) is 0 Å². The summed E-state index contributed by atoms with van der Waals surface area (Å²) in [5, 5.41) is 28.2. The summed E-state index contributed by atoms with van der Waals surface area (Å²) in [7, 11) is 0. The van der Waals surface area contributed by atoms with Crippen molar-refractivity contribution in [3.63, 3.8) is 0 Å². The number of carbonyl (C=O) groups excluding carboxylic acids is 1. The van der Waals surface area contributed by atoms with Crippen molar-refractivity contribution in [2.45, 2.75) is 19.4 Å². The molecular formula is C24H18Br2N2O5. The molecule has 7 nitrogen and oxygen atoms in total. The van der Waals surface area contributed by atoms with E-state index in [0.29, 0.717) is 25.8 Å².